The Hall–Kier alpha value is -2.94. The van der Waals surface area contributed by atoms with Gasteiger partial charge in [0.15, 0.2) is 0 Å². The Morgan fingerprint density at radius 3 is 0.453 bits per heavy atom. The smallest absolute Gasteiger partial charge is 0.269 e. The molecule has 86 heavy (non-hydrogen) atoms. The number of nitrogens with two attached hydrogens (primary N) is 2. The Morgan fingerprint density at radius 1 is 0.221 bits per heavy atom. The second-order valence-corrected chi connectivity index (χ2v) is 17.5. The van der Waals surface area contributed by atoms with Crippen molar-refractivity contribution in [3.63, 3.8) is 0 Å². The molecular weight excluding hydrogens is 1140 g/mol. The van der Waals surface area contributed by atoms with Crippen molar-refractivity contribution in [1.29, 1.82) is 0 Å². The van der Waals surface area contributed by atoms with Crippen LogP contribution >= 0.6 is 0 Å². The Labute approximate surface area is 509 Å². The molecule has 1 rings (SSSR count). The number of carbonyl (C=O) groups excluding carboxylic acids is 2. The summed E-state index contributed by atoms with van der Waals surface area (Å²) in [5, 5.41) is 0. The fraction of sp³-hybridized carbons (Fsp3) is 0.893. The van der Waals surface area contributed by atoms with E-state index in [4.69, 9.17) is 125 Å². The summed E-state index contributed by atoms with van der Waals surface area (Å²) in [6.45, 7) is 20.6. The third-order valence-corrected chi connectivity index (χ3v) is 10.8. The largest absolute Gasteiger partial charge is 0.382 e. The molecule has 2 amide bonds. The maximum Gasteiger partial charge on any atom is 0.269 e. The SMILES string of the molecule is COCCOCCOCCOCCOCCOCCOCCOCCOCCOCCOCCOCCc1nc(C(N)=O)c(CCOCCOCCOCCOCCOCCOCCOCCOCCOCCOCCOCCOC)nc1C(N)=O. The van der Waals surface area contributed by atoms with Crippen molar-refractivity contribution in [3.05, 3.63) is 22.8 Å². The van der Waals surface area contributed by atoms with E-state index in [1.165, 1.54) is 0 Å². The van der Waals surface area contributed by atoms with E-state index in [0.29, 0.717) is 277 Å². The number of rotatable bonds is 74. The first kappa shape index (κ1) is 81.1. The molecule has 1 aromatic rings. The number of amides is 2. The molecule has 1 heterocycles. The zero-order valence-electron chi connectivity index (χ0n) is 51.6. The number of nitrogens with zero attached hydrogens (tertiary/aromatic N) is 2. The molecule has 0 unspecified atom stereocenters. The van der Waals surface area contributed by atoms with Crippen molar-refractivity contribution in [1.82, 2.24) is 9.97 Å². The zero-order valence-corrected chi connectivity index (χ0v) is 51.6. The minimum Gasteiger partial charge on any atom is -0.382 e. The number of hydrogen-bond donors (Lipinski definition) is 2. The van der Waals surface area contributed by atoms with E-state index in [9.17, 15) is 9.59 Å². The van der Waals surface area contributed by atoms with Crippen molar-refractivity contribution in [2.75, 3.05) is 318 Å². The predicted octanol–water partition coefficient (Wildman–Crippen LogP) is -0.583. The van der Waals surface area contributed by atoms with Crippen LogP contribution < -0.4 is 11.5 Å². The van der Waals surface area contributed by atoms with Crippen LogP contribution in [-0.4, -0.2) is 340 Å². The summed E-state index contributed by atoms with van der Waals surface area (Å²) >= 11 is 0. The minimum absolute atomic E-state index is 0.0663. The number of aromatic nitrogens is 2. The number of methoxy groups -OCH3 is 2. The van der Waals surface area contributed by atoms with Gasteiger partial charge in [0.05, 0.1) is 315 Å². The molecular formula is C56H106N4O26. The van der Waals surface area contributed by atoms with E-state index in [0.717, 1.165) is 0 Å². The second-order valence-electron chi connectivity index (χ2n) is 17.5. The highest BCUT2D eigenvalue weighted by molar-refractivity contribution is 5.95. The van der Waals surface area contributed by atoms with Crippen LogP contribution in [0, 0.1) is 0 Å². The van der Waals surface area contributed by atoms with Gasteiger partial charge in [-0.1, -0.05) is 0 Å². The Kier molecular flexibility index (Phi) is 64.1. The Balaban J connectivity index is 1.89. The van der Waals surface area contributed by atoms with Gasteiger partial charge in [0.25, 0.3) is 11.8 Å². The second kappa shape index (κ2) is 68.0. The Bertz CT molecular complexity index is 1480. The normalized spacial score (nSPS) is 11.7. The summed E-state index contributed by atoms with van der Waals surface area (Å²) in [6.07, 6.45) is 0.339. The first-order valence-electron chi connectivity index (χ1n) is 29.7. The van der Waals surface area contributed by atoms with Crippen LogP contribution in [0.2, 0.25) is 0 Å². The fourth-order valence-corrected chi connectivity index (χ4v) is 6.47. The van der Waals surface area contributed by atoms with E-state index >= 15 is 0 Å². The van der Waals surface area contributed by atoms with Crippen molar-refractivity contribution in [2.24, 2.45) is 11.5 Å². The van der Waals surface area contributed by atoms with Crippen LogP contribution in [0.5, 0.6) is 0 Å². The van der Waals surface area contributed by atoms with Crippen molar-refractivity contribution in [3.8, 4) is 0 Å². The average molecular weight is 1250 g/mol. The van der Waals surface area contributed by atoms with E-state index in [-0.39, 0.29) is 62.0 Å². The summed E-state index contributed by atoms with van der Waals surface area (Å²) in [4.78, 5) is 33.2. The van der Waals surface area contributed by atoms with Gasteiger partial charge in [0.1, 0.15) is 11.4 Å². The lowest BCUT2D eigenvalue weighted by atomic mass is 10.1. The monoisotopic (exact) mass is 1250 g/mol. The van der Waals surface area contributed by atoms with Gasteiger partial charge in [0.2, 0.25) is 0 Å². The van der Waals surface area contributed by atoms with E-state index in [1.54, 1.807) is 14.2 Å². The van der Waals surface area contributed by atoms with Crippen molar-refractivity contribution in [2.45, 2.75) is 12.8 Å². The van der Waals surface area contributed by atoms with E-state index in [1.807, 2.05) is 0 Å². The molecule has 1 aromatic heterocycles. The molecule has 0 radical (unpaired) electrons. The van der Waals surface area contributed by atoms with E-state index in [2.05, 4.69) is 9.97 Å². The third kappa shape index (κ3) is 57.5. The van der Waals surface area contributed by atoms with Gasteiger partial charge in [0, 0.05) is 27.1 Å². The topological polar surface area (TPSA) is 333 Å². The lowest BCUT2D eigenvalue weighted by Crippen LogP contribution is -2.25. The van der Waals surface area contributed by atoms with Crippen LogP contribution in [0.4, 0.5) is 0 Å². The zero-order chi connectivity index (χ0) is 61.8. The minimum atomic E-state index is -0.792. The lowest BCUT2D eigenvalue weighted by molar-refractivity contribution is -0.0280. The van der Waals surface area contributed by atoms with Gasteiger partial charge in [-0.3, -0.25) is 9.59 Å². The summed E-state index contributed by atoms with van der Waals surface area (Å²) < 4.78 is 131. The molecule has 30 nitrogen and oxygen atoms in total. The summed E-state index contributed by atoms with van der Waals surface area (Å²) in [6, 6.07) is 0. The molecule has 0 bridgehead atoms. The molecule has 0 fully saturated rings. The van der Waals surface area contributed by atoms with Gasteiger partial charge in [-0.15, -0.1) is 0 Å². The van der Waals surface area contributed by atoms with Crippen LogP contribution in [0.15, 0.2) is 0 Å². The maximum absolute atomic E-state index is 12.3. The van der Waals surface area contributed by atoms with Gasteiger partial charge in [-0.25, -0.2) is 9.97 Å². The first-order chi connectivity index (χ1) is 42.5. The molecule has 0 saturated heterocycles. The van der Waals surface area contributed by atoms with Crippen LogP contribution in [0.3, 0.4) is 0 Å². The summed E-state index contributed by atoms with van der Waals surface area (Å²) in [5.41, 5.74) is 11.5. The lowest BCUT2D eigenvalue weighted by Gasteiger charge is -2.12. The summed E-state index contributed by atoms with van der Waals surface area (Å²) in [7, 11) is 3.27. The first-order valence-corrected chi connectivity index (χ1v) is 29.7. The van der Waals surface area contributed by atoms with Crippen LogP contribution in [0.25, 0.3) is 0 Å². The molecule has 0 aliphatic heterocycles. The van der Waals surface area contributed by atoms with Gasteiger partial charge < -0.3 is 125 Å². The highest BCUT2D eigenvalue weighted by atomic mass is 16.6. The van der Waals surface area contributed by atoms with E-state index < -0.39 is 11.8 Å². The van der Waals surface area contributed by atoms with Crippen LogP contribution in [0.1, 0.15) is 32.4 Å². The van der Waals surface area contributed by atoms with Crippen molar-refractivity contribution < 1.29 is 123 Å². The third-order valence-electron chi connectivity index (χ3n) is 10.8. The van der Waals surface area contributed by atoms with Crippen LogP contribution in [-0.2, 0) is 127 Å². The summed E-state index contributed by atoms with van der Waals surface area (Å²) in [5.74, 6) is -1.58. The maximum atomic E-state index is 12.3. The molecule has 0 aromatic carbocycles. The van der Waals surface area contributed by atoms with Gasteiger partial charge in [-0.2, -0.15) is 0 Å². The molecule has 0 spiro atoms. The Morgan fingerprint density at radius 2 is 0.337 bits per heavy atom. The molecule has 0 aliphatic carbocycles. The molecule has 30 heteroatoms. The highest BCUT2D eigenvalue weighted by Gasteiger charge is 2.20. The molecule has 0 saturated carbocycles. The van der Waals surface area contributed by atoms with Gasteiger partial charge >= 0.3 is 0 Å². The number of hydrogen-bond acceptors (Lipinski definition) is 28. The molecule has 0 aliphatic rings. The molecule has 0 atom stereocenters. The van der Waals surface area contributed by atoms with Crippen molar-refractivity contribution >= 4 is 11.8 Å². The number of primary amides is 2. The highest BCUT2D eigenvalue weighted by Crippen LogP contribution is 2.12. The molecule has 4 N–H and O–H groups in total. The average Bonchev–Trinajstić information content (AvgIpc) is 3.08. The molecule has 506 valence electrons. The number of carbonyl (C=O) groups is 2. The van der Waals surface area contributed by atoms with Gasteiger partial charge in [-0.05, 0) is 0 Å². The quantitative estimate of drug-likeness (QED) is 0.0771. The standard InChI is InChI=1S/C56H106N4O26/c1-63-7-9-67-15-17-71-23-25-75-31-33-79-39-41-83-47-49-85-45-43-81-37-35-77-29-27-73-21-19-69-13-11-65-5-3-51-53(55(57)61)60-52(54(59-51)56(58)62)4-6-66-12-14-70-20-22-74-28-30-78-36-38-82-44-46-86-50-48-84-42-40-80-34-32-76-26-24-72-18-16-68-10-8-64-2/h3-50H2,1-2H3,(H2,57,61)(H2,58,62). The predicted molar refractivity (Wildman–Crippen MR) is 308 cm³/mol. The fourth-order valence-electron chi connectivity index (χ4n) is 6.47. The number of ether oxygens (including phenoxy) is 24.